The quantitative estimate of drug-likeness (QED) is 0.178. The number of rotatable bonds is 8. The average molecular weight is 591 g/mol. The molecule has 0 saturated carbocycles. The number of aliphatic hydroxyl groups excluding tert-OH is 1. The van der Waals surface area contributed by atoms with Gasteiger partial charge in [-0.3, -0.25) is 0 Å². The van der Waals surface area contributed by atoms with Gasteiger partial charge >= 0.3 is 197 Å². The van der Waals surface area contributed by atoms with E-state index >= 15 is 0 Å². The first kappa shape index (κ1) is 21.1. The van der Waals surface area contributed by atoms with Crippen LogP contribution in [0, 0.1) is 0 Å². The molecular formula is C28H27F6FeN3O. The SMILES string of the molecule is NCCNC[C]12[CH]3[CH]4[CH]5[C]1(C[C@H](O)c1ccc(-c6ccc(C(F)(F)F)cc6)nc1C(F)(F)F)[Fe]43521678[CH]2[CH]1[CH]6[CH]7[CH]28. The summed E-state index contributed by atoms with van der Waals surface area (Å²) < 4.78 is 82.3. The molecule has 0 bridgehead atoms. The molecule has 12 rings (SSSR count). The van der Waals surface area contributed by atoms with Gasteiger partial charge in [-0.2, -0.15) is 13.2 Å². The number of aromatic nitrogens is 1. The summed E-state index contributed by atoms with van der Waals surface area (Å²) in [5, 5.41) is 15.2. The van der Waals surface area contributed by atoms with Gasteiger partial charge in [-0.25, -0.2) is 0 Å². The second-order valence-electron chi connectivity index (χ2n) is 15.9. The molecule has 10 aliphatic heterocycles. The number of pyridine rings is 1. The first-order valence-electron chi connectivity index (χ1n) is 13.7. The summed E-state index contributed by atoms with van der Waals surface area (Å²) in [7, 11) is 0. The molecule has 210 valence electrons. The Kier molecular flexibility index (Phi) is 1.67. The fraction of sp³-hybridized carbons (Fsp3) is 0.607. The molecule has 10 fully saturated rings. The third kappa shape index (κ3) is 0.550. The third-order valence-electron chi connectivity index (χ3n) is 19.8. The van der Waals surface area contributed by atoms with Gasteiger partial charge in [-0.05, 0) is 0 Å². The summed E-state index contributed by atoms with van der Waals surface area (Å²) in [6, 6.07) is 6.65. The van der Waals surface area contributed by atoms with E-state index in [2.05, 4.69) is 10.3 Å². The molecule has 5 unspecified atom stereocenters. The number of hydrogen-bond donors (Lipinski definition) is 3. The number of nitrogens with two attached hydrogens (primary N) is 1. The Morgan fingerprint density at radius 1 is 0.872 bits per heavy atom. The number of aliphatic hydroxyl groups is 1. The van der Waals surface area contributed by atoms with Gasteiger partial charge in [0.05, 0.1) is 0 Å². The molecule has 4 nitrogen and oxygen atoms in total. The van der Waals surface area contributed by atoms with E-state index in [1.165, 1.54) is 12.1 Å². The van der Waals surface area contributed by atoms with Crippen molar-refractivity contribution in [2.45, 2.75) is 72.0 Å². The van der Waals surface area contributed by atoms with Crippen LogP contribution >= 0.6 is 0 Å². The molecule has 0 amide bonds. The fourth-order valence-electron chi connectivity index (χ4n) is 21.3. The number of nitrogens with one attached hydrogen (secondary N) is 1. The van der Waals surface area contributed by atoms with E-state index in [1.807, 2.05) is 0 Å². The van der Waals surface area contributed by atoms with E-state index in [0.29, 0.717) is 17.3 Å². The summed E-state index contributed by atoms with van der Waals surface area (Å²) in [6.45, 7) is -1.68. The van der Waals surface area contributed by atoms with E-state index in [-0.39, 0.29) is 21.1 Å². The van der Waals surface area contributed by atoms with Gasteiger partial charge in [0.2, 0.25) is 0 Å². The molecule has 0 radical (unpaired) electrons. The van der Waals surface area contributed by atoms with Crippen LogP contribution in [0.1, 0.15) is 29.3 Å². The van der Waals surface area contributed by atoms with Gasteiger partial charge in [0.15, 0.2) is 0 Å². The van der Waals surface area contributed by atoms with Crippen molar-refractivity contribution in [3.8, 4) is 11.3 Å². The van der Waals surface area contributed by atoms with Crippen LogP contribution in [0.5, 0.6) is 0 Å². The Morgan fingerprint density at radius 2 is 1.49 bits per heavy atom. The summed E-state index contributed by atoms with van der Waals surface area (Å²) >= 11 is 0. The Hall–Kier alpha value is -1.65. The van der Waals surface area contributed by atoms with Gasteiger partial charge in [0.1, 0.15) is 0 Å². The van der Waals surface area contributed by atoms with Crippen LogP contribution in [0.15, 0.2) is 36.4 Å². The maximum atomic E-state index is 14.3. The van der Waals surface area contributed by atoms with Crippen molar-refractivity contribution in [2.75, 3.05) is 19.6 Å². The number of fused-ring (bicyclic) bond motifs is 10. The Labute approximate surface area is 210 Å². The van der Waals surface area contributed by atoms with Crippen LogP contribution in [0.2, 0.25) is 47.2 Å². The molecule has 11 heteroatoms. The molecule has 6 atom stereocenters. The van der Waals surface area contributed by atoms with Crippen LogP contribution < -0.4 is 11.1 Å². The minimum absolute atomic E-state index is 0.0625. The molecule has 39 heavy (non-hydrogen) atoms. The number of halogens is 6. The van der Waals surface area contributed by atoms with E-state index in [0.717, 1.165) is 75.9 Å². The Bertz CT molecular complexity index is 1940. The molecule has 10 saturated heterocycles. The molecular weight excluding hydrogens is 564 g/mol. The molecule has 1 spiro atoms. The van der Waals surface area contributed by atoms with Crippen molar-refractivity contribution in [1.29, 1.82) is 0 Å². The molecule has 0 aliphatic carbocycles. The van der Waals surface area contributed by atoms with E-state index in [9.17, 15) is 31.4 Å². The summed E-state index contributed by atoms with van der Waals surface area (Å²) in [4.78, 5) is 11.2. The predicted molar refractivity (Wildman–Crippen MR) is 127 cm³/mol. The standard InChI is InChI=1S/C23H22F6N3O.C5H5.Fe/c24-22(25,26)17-6-4-14(5-7-17)19-9-8-18(21(32-19)23(27,28)29)20(33)12-15-2-1-3-16(15)13-31-11-10-30;1-2-4-5-3-1;/h1-9,20,31,33H,10-13,30H2;1-5H;/t20-;;/m0../s1. The normalized spacial score (nSPS) is 62.3. The number of alkyl halides is 6. The summed E-state index contributed by atoms with van der Waals surface area (Å²) in [5.74, 6) is 0. The van der Waals surface area contributed by atoms with Crippen LogP contribution in [0.25, 0.3) is 11.3 Å². The number of benzene rings is 1. The minimum atomic E-state index is -4.80. The zero-order chi connectivity index (χ0) is 26.9. The van der Waals surface area contributed by atoms with Crippen LogP contribution in [-0.2, 0) is 18.9 Å². The van der Waals surface area contributed by atoms with Gasteiger partial charge in [0, 0.05) is 0 Å². The summed E-state index contributed by atoms with van der Waals surface area (Å²) in [6.07, 6.45) is -10.2. The van der Waals surface area contributed by atoms with Gasteiger partial charge in [-0.1, -0.05) is 0 Å². The molecule has 2 aromatic rings. The van der Waals surface area contributed by atoms with Crippen LogP contribution in [0.3, 0.4) is 0 Å². The average Bonchev–Trinajstić information content (AvgIpc) is 3.84. The Morgan fingerprint density at radius 3 is 2.00 bits per heavy atom. The zero-order valence-corrected chi connectivity index (χ0v) is 21.7. The van der Waals surface area contributed by atoms with Gasteiger partial charge < -0.3 is 0 Å². The maximum absolute atomic E-state index is 14.3. The molecule has 11 heterocycles. The van der Waals surface area contributed by atoms with Crippen molar-refractivity contribution in [3.63, 3.8) is 0 Å². The molecule has 10 aliphatic rings. The Balaban J connectivity index is 0.944. The van der Waals surface area contributed by atoms with Crippen molar-refractivity contribution >= 4 is 0 Å². The van der Waals surface area contributed by atoms with E-state index in [1.54, 1.807) is 0 Å². The number of hydrogen-bond acceptors (Lipinski definition) is 4. The molecule has 4 N–H and O–H groups in total. The molecule has 1 aromatic carbocycles. The predicted octanol–water partition coefficient (Wildman–Crippen LogP) is 6.89. The first-order valence-corrected chi connectivity index (χ1v) is 19.9. The van der Waals surface area contributed by atoms with E-state index < -0.39 is 36.2 Å². The second-order valence-corrected chi connectivity index (χ2v) is 39.4. The van der Waals surface area contributed by atoms with Crippen molar-refractivity contribution in [2.24, 2.45) is 5.73 Å². The first-order chi connectivity index (χ1) is 18.2. The van der Waals surface area contributed by atoms with E-state index in [4.69, 9.17) is 5.73 Å². The zero-order valence-electron chi connectivity index (χ0n) is 20.6. The third-order valence-corrected chi connectivity index (χ3v) is 63.8. The van der Waals surface area contributed by atoms with Gasteiger partial charge in [0.25, 0.3) is 0 Å². The monoisotopic (exact) mass is 591 g/mol. The fourth-order valence-corrected chi connectivity index (χ4v) is 98.8. The van der Waals surface area contributed by atoms with Crippen LogP contribution in [0.4, 0.5) is 26.3 Å². The van der Waals surface area contributed by atoms with Crippen molar-refractivity contribution in [1.82, 2.24) is 10.3 Å². The van der Waals surface area contributed by atoms with Crippen molar-refractivity contribution < 1.29 is 38.0 Å². The van der Waals surface area contributed by atoms with Crippen LogP contribution in [-0.4, -0.2) is 29.7 Å². The summed E-state index contributed by atoms with van der Waals surface area (Å²) in [5.41, 5.74) is 3.67. The molecule has 1 aromatic heterocycles. The topological polar surface area (TPSA) is 71.2 Å². The second kappa shape index (κ2) is 3.08. The van der Waals surface area contributed by atoms with Crippen molar-refractivity contribution in [3.05, 3.63) is 53.2 Å². The van der Waals surface area contributed by atoms with Gasteiger partial charge in [-0.15, -0.1) is 0 Å². The number of nitrogens with zero attached hydrogens (tertiary/aromatic N) is 1.